The summed E-state index contributed by atoms with van der Waals surface area (Å²) < 4.78 is 0. The molecule has 0 aliphatic carbocycles. The molecule has 8 nitrogen and oxygen atoms in total. The van der Waals surface area contributed by atoms with E-state index in [1.54, 1.807) is 50.5 Å². The Morgan fingerprint density at radius 3 is 2.10 bits per heavy atom. The van der Waals surface area contributed by atoms with E-state index in [4.69, 9.17) is 0 Å². The fourth-order valence-corrected chi connectivity index (χ4v) is 2.76. The summed E-state index contributed by atoms with van der Waals surface area (Å²) in [7, 11) is 3.31. The molecule has 152 valence electrons. The lowest BCUT2D eigenvalue weighted by Gasteiger charge is -2.11. The Kier molecular flexibility index (Phi) is 6.07. The second kappa shape index (κ2) is 8.87. The Morgan fingerprint density at radius 1 is 0.867 bits per heavy atom. The summed E-state index contributed by atoms with van der Waals surface area (Å²) in [4.78, 5) is 36.9. The van der Waals surface area contributed by atoms with Crippen molar-refractivity contribution in [1.29, 1.82) is 0 Å². The minimum atomic E-state index is -0.538. The van der Waals surface area contributed by atoms with Crippen LogP contribution in [0.1, 0.15) is 20.7 Å². The van der Waals surface area contributed by atoms with Crippen molar-refractivity contribution >= 4 is 34.6 Å². The summed E-state index contributed by atoms with van der Waals surface area (Å²) in [5.41, 5.74) is 1.89. The van der Waals surface area contributed by atoms with Crippen LogP contribution in [0.3, 0.4) is 0 Å². The van der Waals surface area contributed by atoms with Crippen LogP contribution in [0.15, 0.2) is 72.8 Å². The molecule has 0 atom stereocenters. The zero-order valence-electron chi connectivity index (χ0n) is 16.5. The van der Waals surface area contributed by atoms with E-state index in [1.807, 2.05) is 18.2 Å². The smallest absolute Gasteiger partial charge is 0.293 e. The highest BCUT2D eigenvalue weighted by Gasteiger charge is 2.18. The van der Waals surface area contributed by atoms with Gasteiger partial charge in [0.25, 0.3) is 17.5 Å². The molecule has 0 spiro atoms. The average Bonchev–Trinajstić information content (AvgIpc) is 2.74. The second-order valence-corrected chi connectivity index (χ2v) is 6.71. The molecule has 3 rings (SSSR count). The third kappa shape index (κ3) is 4.79. The molecule has 0 bridgehead atoms. The van der Waals surface area contributed by atoms with E-state index >= 15 is 0 Å². The number of nitrogens with one attached hydrogen (secondary N) is 2. The van der Waals surface area contributed by atoms with Gasteiger partial charge < -0.3 is 15.5 Å². The molecular weight excluding hydrogens is 384 g/mol. The molecule has 30 heavy (non-hydrogen) atoms. The number of hydrogen-bond donors (Lipinski definition) is 2. The van der Waals surface area contributed by atoms with Crippen molar-refractivity contribution in [3.63, 3.8) is 0 Å². The van der Waals surface area contributed by atoms with Crippen LogP contribution in [0.4, 0.5) is 22.7 Å². The number of anilines is 3. The van der Waals surface area contributed by atoms with Gasteiger partial charge in [-0.1, -0.05) is 18.2 Å². The van der Waals surface area contributed by atoms with E-state index in [0.29, 0.717) is 16.9 Å². The largest absolute Gasteiger partial charge is 0.350 e. The minimum Gasteiger partial charge on any atom is -0.350 e. The van der Waals surface area contributed by atoms with Crippen LogP contribution in [0, 0.1) is 10.1 Å². The van der Waals surface area contributed by atoms with Crippen LogP contribution in [-0.4, -0.2) is 35.7 Å². The number of nitro groups is 1. The van der Waals surface area contributed by atoms with Gasteiger partial charge >= 0.3 is 0 Å². The van der Waals surface area contributed by atoms with E-state index in [9.17, 15) is 19.7 Å². The van der Waals surface area contributed by atoms with Gasteiger partial charge in [-0.2, -0.15) is 0 Å². The molecule has 0 saturated heterocycles. The van der Waals surface area contributed by atoms with Crippen molar-refractivity contribution in [2.75, 3.05) is 24.7 Å². The van der Waals surface area contributed by atoms with E-state index in [1.165, 1.54) is 23.1 Å². The van der Waals surface area contributed by atoms with Crippen LogP contribution in [0.25, 0.3) is 0 Å². The van der Waals surface area contributed by atoms with Gasteiger partial charge in [0.15, 0.2) is 0 Å². The standard InChI is InChI=1S/C22H20N4O4/c1-25(2)22(28)15-8-11-18(12-9-15)24-21(27)16-10-13-19(20(14-16)26(29)30)23-17-6-4-3-5-7-17/h3-14,23H,1-2H3,(H,24,27). The Morgan fingerprint density at radius 2 is 1.50 bits per heavy atom. The molecule has 0 unspecified atom stereocenters. The first-order valence-electron chi connectivity index (χ1n) is 9.09. The molecule has 0 fully saturated rings. The third-order valence-corrected chi connectivity index (χ3v) is 4.31. The van der Waals surface area contributed by atoms with Gasteiger partial charge in [0, 0.05) is 42.7 Å². The zero-order chi connectivity index (χ0) is 21.7. The molecule has 0 radical (unpaired) electrons. The van der Waals surface area contributed by atoms with Crippen molar-refractivity contribution in [3.8, 4) is 0 Å². The van der Waals surface area contributed by atoms with E-state index < -0.39 is 10.8 Å². The van der Waals surface area contributed by atoms with Gasteiger partial charge in [0.1, 0.15) is 5.69 Å². The number of carbonyl (C=O) groups is 2. The summed E-state index contributed by atoms with van der Waals surface area (Å²) >= 11 is 0. The highest BCUT2D eigenvalue weighted by Crippen LogP contribution is 2.29. The van der Waals surface area contributed by atoms with Gasteiger partial charge in [0.2, 0.25) is 0 Å². The van der Waals surface area contributed by atoms with Crippen LogP contribution in [0.5, 0.6) is 0 Å². The lowest BCUT2D eigenvalue weighted by molar-refractivity contribution is -0.383. The molecule has 0 aromatic heterocycles. The van der Waals surface area contributed by atoms with Crippen molar-refractivity contribution in [2.24, 2.45) is 0 Å². The first kappa shape index (κ1) is 20.5. The summed E-state index contributed by atoms with van der Waals surface area (Å²) in [5, 5.41) is 17.2. The number of nitro benzene ring substituents is 1. The molecule has 2 amide bonds. The topological polar surface area (TPSA) is 105 Å². The number of nitrogens with zero attached hydrogens (tertiary/aromatic N) is 2. The lowest BCUT2D eigenvalue weighted by Crippen LogP contribution is -2.21. The first-order valence-corrected chi connectivity index (χ1v) is 9.09. The maximum Gasteiger partial charge on any atom is 0.293 e. The number of carbonyl (C=O) groups excluding carboxylic acids is 2. The summed E-state index contributed by atoms with van der Waals surface area (Å²) in [5.74, 6) is -0.638. The first-order chi connectivity index (χ1) is 14.3. The number of amides is 2. The average molecular weight is 404 g/mol. The Bertz CT molecular complexity index is 1080. The Balaban J connectivity index is 1.78. The Hall–Kier alpha value is -4.20. The molecule has 0 heterocycles. The Labute approximate surface area is 173 Å². The van der Waals surface area contributed by atoms with Crippen molar-refractivity contribution in [1.82, 2.24) is 4.90 Å². The van der Waals surface area contributed by atoms with Crippen molar-refractivity contribution in [3.05, 3.63) is 94.0 Å². The predicted molar refractivity (Wildman–Crippen MR) is 115 cm³/mol. The fourth-order valence-electron chi connectivity index (χ4n) is 2.76. The van der Waals surface area contributed by atoms with E-state index in [0.717, 1.165) is 0 Å². The minimum absolute atomic E-state index is 0.147. The number of benzene rings is 3. The van der Waals surface area contributed by atoms with Crippen molar-refractivity contribution in [2.45, 2.75) is 0 Å². The summed E-state index contributed by atoms with van der Waals surface area (Å²) in [6, 6.07) is 19.7. The monoisotopic (exact) mass is 404 g/mol. The molecule has 3 aromatic carbocycles. The number of rotatable bonds is 6. The lowest BCUT2D eigenvalue weighted by atomic mass is 10.1. The fraction of sp³-hybridized carbons (Fsp3) is 0.0909. The molecule has 8 heteroatoms. The second-order valence-electron chi connectivity index (χ2n) is 6.71. The van der Waals surface area contributed by atoms with Crippen molar-refractivity contribution < 1.29 is 14.5 Å². The summed E-state index contributed by atoms with van der Waals surface area (Å²) in [6.45, 7) is 0. The zero-order valence-corrected chi connectivity index (χ0v) is 16.5. The quantitative estimate of drug-likeness (QED) is 0.471. The van der Waals surface area contributed by atoms with Gasteiger partial charge in [-0.3, -0.25) is 19.7 Å². The molecular formula is C22H20N4O4. The van der Waals surface area contributed by atoms with Gasteiger partial charge in [-0.15, -0.1) is 0 Å². The molecule has 0 aliphatic rings. The SMILES string of the molecule is CN(C)C(=O)c1ccc(NC(=O)c2ccc(Nc3ccccc3)c([N+](=O)[O-])c2)cc1. The van der Waals surface area contributed by atoms with Crippen LogP contribution < -0.4 is 10.6 Å². The predicted octanol–water partition coefficient (Wildman–Crippen LogP) is 4.29. The van der Waals surface area contributed by atoms with E-state index in [2.05, 4.69) is 10.6 Å². The highest BCUT2D eigenvalue weighted by atomic mass is 16.6. The number of para-hydroxylation sites is 1. The molecule has 0 aliphatic heterocycles. The summed E-state index contributed by atoms with van der Waals surface area (Å²) in [6.07, 6.45) is 0. The normalized spacial score (nSPS) is 10.2. The van der Waals surface area contributed by atoms with Gasteiger partial charge in [-0.05, 0) is 48.5 Å². The van der Waals surface area contributed by atoms with Crippen LogP contribution in [0.2, 0.25) is 0 Å². The van der Waals surface area contributed by atoms with Crippen LogP contribution >= 0.6 is 0 Å². The maximum atomic E-state index is 12.6. The van der Waals surface area contributed by atoms with E-state index in [-0.39, 0.29) is 22.8 Å². The van der Waals surface area contributed by atoms with Gasteiger partial charge in [-0.25, -0.2) is 0 Å². The molecule has 2 N–H and O–H groups in total. The highest BCUT2D eigenvalue weighted by molar-refractivity contribution is 6.05. The van der Waals surface area contributed by atoms with Crippen LogP contribution in [-0.2, 0) is 0 Å². The molecule has 3 aromatic rings. The number of hydrogen-bond acceptors (Lipinski definition) is 5. The van der Waals surface area contributed by atoms with Gasteiger partial charge in [0.05, 0.1) is 4.92 Å². The molecule has 0 saturated carbocycles. The third-order valence-electron chi connectivity index (χ3n) is 4.31. The maximum absolute atomic E-state index is 12.6.